The van der Waals surface area contributed by atoms with Crippen molar-refractivity contribution >= 4 is 5.97 Å². The molecule has 0 bridgehead atoms. The van der Waals surface area contributed by atoms with E-state index in [-0.39, 0.29) is 29.4 Å². The van der Waals surface area contributed by atoms with Crippen LogP contribution in [0.4, 0.5) is 4.39 Å². The molecule has 0 aliphatic heterocycles. The maximum absolute atomic E-state index is 13.5. The maximum Gasteiger partial charge on any atom is 0.358 e. The molecule has 0 radical (unpaired) electrons. The quantitative estimate of drug-likeness (QED) is 0.904. The predicted molar refractivity (Wildman–Crippen MR) is 58.9 cm³/mol. The number of nitrogens with zero attached hydrogens (tertiary/aromatic N) is 2. The van der Waals surface area contributed by atoms with Crippen molar-refractivity contribution in [1.82, 2.24) is 5.16 Å². The Labute approximate surface area is 106 Å². The summed E-state index contributed by atoms with van der Waals surface area (Å²) in [6.07, 6.45) is 0. The zero-order valence-electron chi connectivity index (χ0n) is 9.46. The number of ether oxygens (including phenoxy) is 1. The smallest absolute Gasteiger partial charge is 0.358 e. The van der Waals surface area contributed by atoms with E-state index < -0.39 is 11.8 Å². The van der Waals surface area contributed by atoms with E-state index in [0.29, 0.717) is 0 Å². The lowest BCUT2D eigenvalue weighted by Crippen LogP contribution is -1.97. The summed E-state index contributed by atoms with van der Waals surface area (Å²) in [5, 5.41) is 20.5. The average Bonchev–Trinajstić information content (AvgIpc) is 2.86. The lowest BCUT2D eigenvalue weighted by Gasteiger charge is -2.04. The molecule has 6 nitrogen and oxygen atoms in total. The van der Waals surface area contributed by atoms with Crippen molar-refractivity contribution < 1.29 is 23.6 Å². The van der Waals surface area contributed by atoms with Gasteiger partial charge in [-0.3, -0.25) is 0 Å². The van der Waals surface area contributed by atoms with Crippen molar-refractivity contribution in [2.45, 2.75) is 6.61 Å². The van der Waals surface area contributed by atoms with E-state index in [1.807, 2.05) is 0 Å². The van der Waals surface area contributed by atoms with Crippen molar-refractivity contribution in [1.29, 1.82) is 5.26 Å². The minimum Gasteiger partial charge on any atom is -0.482 e. The Morgan fingerprint density at radius 2 is 2.32 bits per heavy atom. The highest BCUT2D eigenvalue weighted by molar-refractivity contribution is 5.85. The topological polar surface area (TPSA) is 96.3 Å². The van der Waals surface area contributed by atoms with Crippen LogP contribution in [0.15, 0.2) is 28.8 Å². The highest BCUT2D eigenvalue weighted by atomic mass is 19.1. The van der Waals surface area contributed by atoms with Gasteiger partial charge in [0.1, 0.15) is 6.61 Å². The minimum absolute atomic E-state index is 0.0627. The number of hydrogen-bond donors (Lipinski definition) is 1. The Morgan fingerprint density at radius 3 is 2.89 bits per heavy atom. The van der Waals surface area contributed by atoms with E-state index in [1.54, 1.807) is 6.07 Å². The fourth-order valence-electron chi connectivity index (χ4n) is 1.32. The molecule has 0 fully saturated rings. The van der Waals surface area contributed by atoms with Crippen LogP contribution < -0.4 is 4.74 Å². The minimum atomic E-state index is -1.22. The van der Waals surface area contributed by atoms with Crippen molar-refractivity contribution in [3.8, 4) is 11.8 Å². The van der Waals surface area contributed by atoms with Gasteiger partial charge in [-0.1, -0.05) is 5.16 Å². The summed E-state index contributed by atoms with van der Waals surface area (Å²) in [7, 11) is 0. The number of benzene rings is 1. The number of aromatic carboxylic acids is 1. The summed E-state index contributed by atoms with van der Waals surface area (Å²) >= 11 is 0. The molecule has 1 heterocycles. The third kappa shape index (κ3) is 2.87. The van der Waals surface area contributed by atoms with E-state index in [9.17, 15) is 9.18 Å². The molecule has 2 rings (SSSR count). The first kappa shape index (κ1) is 12.6. The van der Waals surface area contributed by atoms with Gasteiger partial charge in [0.05, 0.1) is 11.6 Å². The van der Waals surface area contributed by atoms with E-state index in [4.69, 9.17) is 19.6 Å². The van der Waals surface area contributed by atoms with Crippen molar-refractivity contribution in [3.05, 3.63) is 47.1 Å². The molecule has 0 spiro atoms. The Hall–Kier alpha value is -2.88. The molecule has 0 amide bonds. The predicted octanol–water partition coefficient (Wildman–Crippen LogP) is 1.96. The van der Waals surface area contributed by atoms with Gasteiger partial charge in [0.25, 0.3) is 0 Å². The highest BCUT2D eigenvalue weighted by Crippen LogP contribution is 2.19. The van der Waals surface area contributed by atoms with Gasteiger partial charge in [0.2, 0.25) is 0 Å². The summed E-state index contributed by atoms with van der Waals surface area (Å²) in [5.41, 5.74) is -0.0726. The third-order valence-electron chi connectivity index (χ3n) is 2.21. The second-order valence-electron chi connectivity index (χ2n) is 3.53. The summed E-state index contributed by atoms with van der Waals surface area (Å²) < 4.78 is 23.3. The van der Waals surface area contributed by atoms with Crippen LogP contribution in [0.2, 0.25) is 0 Å². The van der Waals surface area contributed by atoms with Crippen molar-refractivity contribution in [2.75, 3.05) is 0 Å². The van der Waals surface area contributed by atoms with Crippen LogP contribution in [0.5, 0.6) is 5.75 Å². The standard InChI is InChI=1S/C12H7FN2O4/c13-9-3-7(5-14)1-2-11(9)18-6-8-4-10(12(16)17)15-19-8/h1-4H,6H2,(H,16,17). The Morgan fingerprint density at radius 1 is 1.53 bits per heavy atom. The Bertz CT molecular complexity index is 660. The van der Waals surface area contributed by atoms with Crippen LogP contribution in [-0.2, 0) is 6.61 Å². The van der Waals surface area contributed by atoms with Crippen LogP contribution in [0.25, 0.3) is 0 Å². The number of nitriles is 1. The van der Waals surface area contributed by atoms with Crippen LogP contribution in [0.3, 0.4) is 0 Å². The first-order chi connectivity index (χ1) is 9.10. The Balaban J connectivity index is 2.06. The largest absolute Gasteiger partial charge is 0.482 e. The number of hydrogen-bond acceptors (Lipinski definition) is 5. The monoisotopic (exact) mass is 262 g/mol. The number of carbonyl (C=O) groups is 1. The zero-order chi connectivity index (χ0) is 13.8. The molecular formula is C12H7FN2O4. The molecule has 7 heteroatoms. The fourth-order valence-corrected chi connectivity index (χ4v) is 1.32. The molecule has 0 unspecified atom stereocenters. The number of aromatic nitrogens is 1. The number of carboxylic acid groups (broad SMARTS) is 1. The SMILES string of the molecule is N#Cc1ccc(OCc2cc(C(=O)O)no2)c(F)c1. The second-order valence-corrected chi connectivity index (χ2v) is 3.53. The van der Waals surface area contributed by atoms with E-state index in [0.717, 1.165) is 6.07 Å². The summed E-state index contributed by atoms with van der Waals surface area (Å²) in [6, 6.07) is 6.73. The van der Waals surface area contributed by atoms with E-state index in [2.05, 4.69) is 5.16 Å². The molecule has 1 aromatic heterocycles. The highest BCUT2D eigenvalue weighted by Gasteiger charge is 2.12. The van der Waals surface area contributed by atoms with Gasteiger partial charge in [-0.05, 0) is 18.2 Å². The van der Waals surface area contributed by atoms with Crippen LogP contribution in [0.1, 0.15) is 21.8 Å². The lowest BCUT2D eigenvalue weighted by molar-refractivity contribution is 0.0685. The van der Waals surface area contributed by atoms with Crippen LogP contribution >= 0.6 is 0 Å². The number of carboxylic acids is 1. The van der Waals surface area contributed by atoms with Crippen molar-refractivity contribution in [2.24, 2.45) is 0 Å². The maximum atomic E-state index is 13.5. The first-order valence-corrected chi connectivity index (χ1v) is 5.11. The molecule has 0 saturated carbocycles. The average molecular weight is 262 g/mol. The normalized spacial score (nSPS) is 9.89. The fraction of sp³-hybridized carbons (Fsp3) is 0.0833. The molecule has 19 heavy (non-hydrogen) atoms. The molecule has 0 aliphatic carbocycles. The molecule has 0 saturated heterocycles. The molecule has 1 N–H and O–H groups in total. The van der Waals surface area contributed by atoms with Gasteiger partial charge in [-0.15, -0.1) is 0 Å². The van der Waals surface area contributed by atoms with Gasteiger partial charge in [-0.25, -0.2) is 9.18 Å². The van der Waals surface area contributed by atoms with Gasteiger partial charge in [0.15, 0.2) is 23.0 Å². The van der Waals surface area contributed by atoms with E-state index >= 15 is 0 Å². The first-order valence-electron chi connectivity index (χ1n) is 5.11. The van der Waals surface area contributed by atoms with Gasteiger partial charge >= 0.3 is 5.97 Å². The van der Waals surface area contributed by atoms with Crippen molar-refractivity contribution in [3.63, 3.8) is 0 Å². The zero-order valence-corrected chi connectivity index (χ0v) is 9.46. The van der Waals surface area contributed by atoms with E-state index in [1.165, 1.54) is 18.2 Å². The Kier molecular flexibility index (Phi) is 3.43. The second kappa shape index (κ2) is 5.18. The van der Waals surface area contributed by atoms with Crippen LogP contribution in [-0.4, -0.2) is 16.2 Å². The van der Waals surface area contributed by atoms with Crippen LogP contribution in [0, 0.1) is 17.1 Å². The molecule has 1 aromatic carbocycles. The molecule has 0 atom stereocenters. The van der Waals surface area contributed by atoms with Gasteiger partial charge in [-0.2, -0.15) is 5.26 Å². The number of halogens is 1. The summed E-state index contributed by atoms with van der Waals surface area (Å²) in [6.45, 7) is -0.164. The molecule has 0 aliphatic rings. The van der Waals surface area contributed by atoms with Gasteiger partial charge in [0, 0.05) is 6.07 Å². The third-order valence-corrected chi connectivity index (χ3v) is 2.21. The summed E-state index contributed by atoms with van der Waals surface area (Å²) in [5.74, 6) is -1.81. The molecule has 96 valence electrons. The lowest BCUT2D eigenvalue weighted by atomic mass is 10.2. The number of rotatable bonds is 4. The molecular weight excluding hydrogens is 255 g/mol. The molecule has 2 aromatic rings. The summed E-state index contributed by atoms with van der Waals surface area (Å²) in [4.78, 5) is 10.6. The van der Waals surface area contributed by atoms with Gasteiger partial charge < -0.3 is 14.4 Å².